The molecular weight excluding hydrogens is 235 g/mol. The average Bonchev–Trinajstić information content (AvgIpc) is 2.78. The largest absolute Gasteiger partial charge is 0.309 e. The third kappa shape index (κ3) is 2.90. The zero-order valence-corrected chi connectivity index (χ0v) is 10.7. The summed E-state index contributed by atoms with van der Waals surface area (Å²) in [5.74, 6) is -0.223. The maximum absolute atomic E-state index is 13.1. The highest BCUT2D eigenvalue weighted by Crippen LogP contribution is 2.26. The Morgan fingerprint density at radius 3 is 3.00 bits per heavy atom. The lowest BCUT2D eigenvalue weighted by molar-refractivity contribution is 0.587. The number of hydrogen-bond donors (Lipinski definition) is 1. The van der Waals surface area contributed by atoms with Crippen molar-refractivity contribution in [2.24, 2.45) is 0 Å². The topological polar surface area (TPSA) is 24.9 Å². The normalized spacial score (nSPS) is 12.6. The fourth-order valence-electron chi connectivity index (χ4n) is 1.65. The second kappa shape index (κ2) is 5.38. The zero-order valence-electron chi connectivity index (χ0n) is 9.90. The highest BCUT2D eigenvalue weighted by molar-refractivity contribution is 7.13. The van der Waals surface area contributed by atoms with E-state index in [2.05, 4.69) is 24.1 Å². The highest BCUT2D eigenvalue weighted by Gasteiger charge is 2.10. The van der Waals surface area contributed by atoms with Crippen LogP contribution in [0.2, 0.25) is 0 Å². The Morgan fingerprint density at radius 1 is 1.47 bits per heavy atom. The lowest BCUT2D eigenvalue weighted by Crippen LogP contribution is -2.17. The molecular formula is C13H15FN2S. The molecule has 1 N–H and O–H groups in total. The molecule has 0 radical (unpaired) electrons. The van der Waals surface area contributed by atoms with Crippen molar-refractivity contribution in [3.05, 3.63) is 41.2 Å². The van der Waals surface area contributed by atoms with Crippen LogP contribution >= 0.6 is 11.3 Å². The van der Waals surface area contributed by atoms with Crippen molar-refractivity contribution in [2.45, 2.75) is 19.9 Å². The van der Waals surface area contributed by atoms with Crippen LogP contribution in [0.1, 0.15) is 25.6 Å². The molecule has 17 heavy (non-hydrogen) atoms. The molecule has 1 atom stereocenters. The van der Waals surface area contributed by atoms with Gasteiger partial charge in [-0.15, -0.1) is 11.3 Å². The van der Waals surface area contributed by atoms with Crippen molar-refractivity contribution >= 4 is 11.3 Å². The van der Waals surface area contributed by atoms with Crippen LogP contribution in [-0.2, 0) is 0 Å². The van der Waals surface area contributed by atoms with Crippen LogP contribution in [0.3, 0.4) is 0 Å². The van der Waals surface area contributed by atoms with Gasteiger partial charge >= 0.3 is 0 Å². The second-order valence-electron chi connectivity index (χ2n) is 3.87. The van der Waals surface area contributed by atoms with Gasteiger partial charge in [0.2, 0.25) is 0 Å². The molecule has 4 heteroatoms. The van der Waals surface area contributed by atoms with E-state index in [0.717, 1.165) is 22.8 Å². The lowest BCUT2D eigenvalue weighted by Gasteiger charge is -2.08. The number of benzene rings is 1. The molecule has 1 aromatic carbocycles. The maximum atomic E-state index is 13.1. The first kappa shape index (κ1) is 12.2. The molecule has 0 amide bonds. The van der Waals surface area contributed by atoms with Crippen molar-refractivity contribution in [2.75, 3.05) is 6.54 Å². The molecule has 90 valence electrons. The van der Waals surface area contributed by atoms with Gasteiger partial charge in [-0.05, 0) is 25.6 Å². The van der Waals surface area contributed by atoms with E-state index in [1.807, 2.05) is 11.4 Å². The Kier molecular flexibility index (Phi) is 3.86. The monoisotopic (exact) mass is 250 g/mol. The van der Waals surface area contributed by atoms with Gasteiger partial charge in [0, 0.05) is 17.0 Å². The molecule has 0 spiro atoms. The van der Waals surface area contributed by atoms with Gasteiger partial charge in [0.15, 0.2) is 0 Å². The van der Waals surface area contributed by atoms with Crippen LogP contribution in [0.5, 0.6) is 0 Å². The van der Waals surface area contributed by atoms with E-state index in [4.69, 9.17) is 0 Å². The number of aromatic nitrogens is 1. The van der Waals surface area contributed by atoms with Gasteiger partial charge in [-0.2, -0.15) is 0 Å². The first-order valence-corrected chi connectivity index (χ1v) is 6.53. The predicted octanol–water partition coefficient (Wildman–Crippen LogP) is 3.62. The van der Waals surface area contributed by atoms with Crippen molar-refractivity contribution in [3.8, 4) is 10.6 Å². The van der Waals surface area contributed by atoms with Crippen molar-refractivity contribution < 1.29 is 4.39 Å². The Bertz CT molecular complexity index is 496. The third-order valence-corrected chi connectivity index (χ3v) is 3.46. The summed E-state index contributed by atoms with van der Waals surface area (Å²) >= 11 is 1.55. The maximum Gasteiger partial charge on any atom is 0.123 e. The van der Waals surface area contributed by atoms with Crippen molar-refractivity contribution in [1.29, 1.82) is 0 Å². The Balaban J connectivity index is 2.23. The summed E-state index contributed by atoms with van der Waals surface area (Å²) in [7, 11) is 0. The zero-order chi connectivity index (χ0) is 12.3. The van der Waals surface area contributed by atoms with Crippen LogP contribution < -0.4 is 5.32 Å². The minimum absolute atomic E-state index is 0.223. The van der Waals surface area contributed by atoms with Crippen LogP contribution in [0.4, 0.5) is 4.39 Å². The molecule has 1 unspecified atom stereocenters. The Morgan fingerprint density at radius 2 is 2.29 bits per heavy atom. The summed E-state index contributed by atoms with van der Waals surface area (Å²) in [5, 5.41) is 6.19. The molecule has 1 heterocycles. The molecule has 2 nitrogen and oxygen atoms in total. The number of halogens is 1. The third-order valence-electron chi connectivity index (χ3n) is 2.55. The lowest BCUT2D eigenvalue weighted by atomic mass is 10.2. The molecule has 0 fully saturated rings. The molecule has 0 bridgehead atoms. The number of nitrogens with one attached hydrogen (secondary N) is 1. The summed E-state index contributed by atoms with van der Waals surface area (Å²) in [6, 6.07) is 6.78. The quantitative estimate of drug-likeness (QED) is 0.896. The number of thiazole rings is 1. The van der Waals surface area contributed by atoms with Crippen LogP contribution in [-0.4, -0.2) is 11.5 Å². The number of rotatable bonds is 4. The summed E-state index contributed by atoms with van der Waals surface area (Å²) in [6.45, 7) is 5.05. The fraction of sp³-hybridized carbons (Fsp3) is 0.308. The molecule has 2 aromatic rings. The Labute approximate surface area is 105 Å². The molecule has 0 aliphatic carbocycles. The number of nitrogens with zero attached hydrogens (tertiary/aromatic N) is 1. The van der Waals surface area contributed by atoms with Crippen molar-refractivity contribution in [1.82, 2.24) is 10.3 Å². The summed E-state index contributed by atoms with van der Waals surface area (Å²) in [4.78, 5) is 4.53. The van der Waals surface area contributed by atoms with Gasteiger partial charge in [0.25, 0.3) is 0 Å². The minimum Gasteiger partial charge on any atom is -0.309 e. The summed E-state index contributed by atoms with van der Waals surface area (Å²) < 4.78 is 13.1. The first-order valence-electron chi connectivity index (χ1n) is 5.65. The molecule has 2 rings (SSSR count). The van der Waals surface area contributed by atoms with E-state index in [0.29, 0.717) is 0 Å². The van der Waals surface area contributed by atoms with E-state index < -0.39 is 0 Å². The van der Waals surface area contributed by atoms with Crippen LogP contribution in [0, 0.1) is 5.82 Å². The van der Waals surface area contributed by atoms with Crippen LogP contribution in [0.15, 0.2) is 29.6 Å². The van der Waals surface area contributed by atoms with E-state index in [9.17, 15) is 4.39 Å². The van der Waals surface area contributed by atoms with Gasteiger partial charge in [-0.1, -0.05) is 19.1 Å². The summed E-state index contributed by atoms with van der Waals surface area (Å²) in [6.07, 6.45) is 0. The standard InChI is InChI=1S/C13H15FN2S/c1-3-15-9(2)12-8-17-13(16-12)10-5-4-6-11(14)7-10/h4-9,15H,3H2,1-2H3. The second-order valence-corrected chi connectivity index (χ2v) is 4.73. The van der Waals surface area contributed by atoms with Gasteiger partial charge in [0.1, 0.15) is 10.8 Å². The first-order chi connectivity index (χ1) is 8.20. The Hall–Kier alpha value is -1.26. The van der Waals surface area contributed by atoms with Crippen LogP contribution in [0.25, 0.3) is 10.6 Å². The van der Waals surface area contributed by atoms with Crippen molar-refractivity contribution in [3.63, 3.8) is 0 Å². The number of hydrogen-bond acceptors (Lipinski definition) is 3. The summed E-state index contributed by atoms with van der Waals surface area (Å²) in [5.41, 5.74) is 1.85. The molecule has 0 aliphatic rings. The molecule has 0 aliphatic heterocycles. The van der Waals surface area contributed by atoms with Gasteiger partial charge in [-0.3, -0.25) is 0 Å². The van der Waals surface area contributed by atoms with Gasteiger partial charge in [0.05, 0.1) is 5.69 Å². The highest BCUT2D eigenvalue weighted by atomic mass is 32.1. The van der Waals surface area contributed by atoms with Gasteiger partial charge in [-0.25, -0.2) is 9.37 Å². The van der Waals surface area contributed by atoms with Gasteiger partial charge < -0.3 is 5.32 Å². The molecule has 1 aromatic heterocycles. The molecule has 0 saturated heterocycles. The van der Waals surface area contributed by atoms with E-state index in [-0.39, 0.29) is 11.9 Å². The van der Waals surface area contributed by atoms with E-state index in [1.165, 1.54) is 12.1 Å². The van der Waals surface area contributed by atoms with E-state index >= 15 is 0 Å². The minimum atomic E-state index is -0.223. The van der Waals surface area contributed by atoms with E-state index in [1.54, 1.807) is 17.4 Å². The predicted molar refractivity (Wildman–Crippen MR) is 69.6 cm³/mol. The average molecular weight is 250 g/mol. The molecule has 0 saturated carbocycles. The smallest absolute Gasteiger partial charge is 0.123 e. The SMILES string of the molecule is CCNC(C)c1csc(-c2cccc(F)c2)n1. The fourth-order valence-corrected chi connectivity index (χ4v) is 2.56.